The highest BCUT2D eigenvalue weighted by molar-refractivity contribution is 8.13. The first-order valence-corrected chi connectivity index (χ1v) is 10.5. The summed E-state index contributed by atoms with van der Waals surface area (Å²) in [6.07, 6.45) is 0. The number of carbonyl (C=O) groups is 2. The van der Waals surface area contributed by atoms with Crippen molar-refractivity contribution in [2.24, 2.45) is 4.99 Å². The van der Waals surface area contributed by atoms with Gasteiger partial charge in [0.15, 0.2) is 0 Å². The van der Waals surface area contributed by atoms with Gasteiger partial charge in [-0.1, -0.05) is 60.1 Å². The SMILES string of the molecule is CN1C(=O)C2C(=NC(SCc3ccccc3Cl)=[N+]2Cc2ccccc2)N(C)C1=O. The molecule has 1 atom stereocenters. The van der Waals surface area contributed by atoms with Crippen LogP contribution in [0.1, 0.15) is 11.1 Å². The fraction of sp³-hybridized carbons (Fsp3) is 0.238. The second kappa shape index (κ2) is 8.00. The number of urea groups is 1. The summed E-state index contributed by atoms with van der Waals surface area (Å²) in [4.78, 5) is 32.6. The molecule has 6 nitrogen and oxygen atoms in total. The summed E-state index contributed by atoms with van der Waals surface area (Å²) in [5.74, 6) is 0.817. The third-order valence-corrected chi connectivity index (χ3v) is 6.41. The Hall–Kier alpha value is -2.64. The van der Waals surface area contributed by atoms with Gasteiger partial charge in [0.2, 0.25) is 0 Å². The number of amidine groups is 2. The minimum Gasteiger partial charge on any atom is -0.269 e. The zero-order valence-corrected chi connectivity index (χ0v) is 17.7. The number of rotatable bonds is 4. The summed E-state index contributed by atoms with van der Waals surface area (Å²) >= 11 is 7.81. The van der Waals surface area contributed by atoms with Gasteiger partial charge < -0.3 is 0 Å². The Bertz CT molecular complexity index is 1040. The molecule has 0 aliphatic carbocycles. The van der Waals surface area contributed by atoms with E-state index in [1.165, 1.54) is 23.7 Å². The zero-order chi connectivity index (χ0) is 20.5. The molecule has 2 aliphatic heterocycles. The molecular formula is C21H20ClN4O2S+. The Labute approximate surface area is 178 Å². The highest BCUT2D eigenvalue weighted by Gasteiger charge is 2.53. The minimum atomic E-state index is -0.614. The smallest absolute Gasteiger partial charge is 0.269 e. The lowest BCUT2D eigenvalue weighted by atomic mass is 10.1. The number of aliphatic imine (C=N–C) groups is 1. The molecule has 1 saturated heterocycles. The van der Waals surface area contributed by atoms with Crippen LogP contribution in [0.4, 0.5) is 4.79 Å². The van der Waals surface area contributed by atoms with E-state index in [-0.39, 0.29) is 11.9 Å². The van der Waals surface area contributed by atoms with E-state index in [9.17, 15) is 9.59 Å². The fourth-order valence-corrected chi connectivity index (χ4v) is 4.70. The standard InChI is InChI=1S/C21H20ClN4O2S/c1-24-18-17(19(27)25(2)21(24)28)26(12-14-8-4-3-5-9-14)20(23-18)29-13-15-10-6-7-11-16(15)22/h3-11,17H,12-13H2,1-2H3/q+1. The van der Waals surface area contributed by atoms with Gasteiger partial charge in [-0.2, -0.15) is 0 Å². The second-order valence-electron chi connectivity index (χ2n) is 6.89. The number of carbonyl (C=O) groups excluding carboxylic acids is 2. The fourth-order valence-electron chi connectivity index (χ4n) is 3.39. The molecule has 0 aromatic heterocycles. The van der Waals surface area contributed by atoms with Crippen molar-refractivity contribution in [1.82, 2.24) is 9.80 Å². The van der Waals surface area contributed by atoms with Crippen LogP contribution < -0.4 is 0 Å². The van der Waals surface area contributed by atoms with Crippen LogP contribution in [0.15, 0.2) is 59.6 Å². The van der Waals surface area contributed by atoms with E-state index in [1.807, 2.05) is 59.2 Å². The summed E-state index contributed by atoms with van der Waals surface area (Å²) in [6.45, 7) is 0.519. The molecule has 0 spiro atoms. The van der Waals surface area contributed by atoms with Gasteiger partial charge in [-0.05, 0) is 33.9 Å². The van der Waals surface area contributed by atoms with Crippen LogP contribution in [0.2, 0.25) is 5.02 Å². The molecule has 148 valence electrons. The number of hydrogen-bond donors (Lipinski definition) is 0. The maximum absolute atomic E-state index is 12.9. The summed E-state index contributed by atoms with van der Waals surface area (Å²) in [6, 6.07) is 16.6. The normalized spacial score (nSPS) is 19.0. The van der Waals surface area contributed by atoms with Gasteiger partial charge in [0.25, 0.3) is 17.8 Å². The maximum atomic E-state index is 12.9. The van der Waals surface area contributed by atoms with E-state index in [2.05, 4.69) is 4.99 Å². The molecule has 29 heavy (non-hydrogen) atoms. The van der Waals surface area contributed by atoms with Crippen LogP contribution in [0.3, 0.4) is 0 Å². The van der Waals surface area contributed by atoms with Crippen LogP contribution in [0.5, 0.6) is 0 Å². The van der Waals surface area contributed by atoms with E-state index in [0.29, 0.717) is 28.3 Å². The largest absolute Gasteiger partial charge is 0.358 e. The van der Waals surface area contributed by atoms with Crippen LogP contribution in [0.25, 0.3) is 0 Å². The topological polar surface area (TPSA) is 56.0 Å². The maximum Gasteiger partial charge on any atom is 0.358 e. The van der Waals surface area contributed by atoms with Crippen molar-refractivity contribution in [2.45, 2.75) is 18.3 Å². The average molecular weight is 428 g/mol. The molecule has 3 amide bonds. The van der Waals surface area contributed by atoms with Gasteiger partial charge in [0, 0.05) is 24.9 Å². The van der Waals surface area contributed by atoms with E-state index in [1.54, 1.807) is 7.05 Å². The zero-order valence-electron chi connectivity index (χ0n) is 16.1. The number of nitrogens with zero attached hydrogens (tertiary/aromatic N) is 4. The summed E-state index contributed by atoms with van der Waals surface area (Å²) in [5, 5.41) is 1.40. The van der Waals surface area contributed by atoms with Crippen molar-refractivity contribution in [3.05, 3.63) is 70.7 Å². The lowest BCUT2D eigenvalue weighted by Crippen LogP contribution is -2.61. The number of thioether (sulfide) groups is 1. The third kappa shape index (κ3) is 3.68. The average Bonchev–Trinajstić information content (AvgIpc) is 3.09. The number of imide groups is 1. The van der Waals surface area contributed by atoms with Crippen LogP contribution >= 0.6 is 23.4 Å². The van der Waals surface area contributed by atoms with Crippen molar-refractivity contribution in [2.75, 3.05) is 14.1 Å². The van der Waals surface area contributed by atoms with Gasteiger partial charge in [-0.25, -0.2) is 9.37 Å². The van der Waals surface area contributed by atoms with Crippen molar-refractivity contribution in [3.8, 4) is 0 Å². The first-order valence-electron chi connectivity index (χ1n) is 9.15. The minimum absolute atomic E-state index is 0.267. The Balaban J connectivity index is 1.70. The predicted molar refractivity (Wildman–Crippen MR) is 115 cm³/mol. The van der Waals surface area contributed by atoms with E-state index in [4.69, 9.17) is 11.6 Å². The highest BCUT2D eigenvalue weighted by Crippen LogP contribution is 2.27. The number of halogens is 1. The third-order valence-electron chi connectivity index (χ3n) is 5.00. The van der Waals surface area contributed by atoms with Gasteiger partial charge in [-0.3, -0.25) is 14.6 Å². The molecule has 1 fully saturated rings. The Morgan fingerprint density at radius 3 is 2.45 bits per heavy atom. The molecule has 0 bridgehead atoms. The van der Waals surface area contributed by atoms with Crippen molar-refractivity contribution >= 4 is 46.3 Å². The van der Waals surface area contributed by atoms with E-state index < -0.39 is 6.04 Å². The molecule has 0 saturated carbocycles. The lowest BCUT2D eigenvalue weighted by molar-refractivity contribution is -0.548. The molecule has 2 aromatic carbocycles. The monoisotopic (exact) mass is 427 g/mol. The lowest BCUT2D eigenvalue weighted by Gasteiger charge is -2.30. The van der Waals surface area contributed by atoms with Crippen molar-refractivity contribution in [1.29, 1.82) is 0 Å². The number of amides is 3. The number of likely N-dealkylation sites (N-methyl/N-ethyl adjacent to an activating group) is 2. The molecular weight excluding hydrogens is 408 g/mol. The summed E-state index contributed by atoms with van der Waals surface area (Å²) in [5.41, 5.74) is 2.06. The molecule has 4 rings (SSSR count). The summed E-state index contributed by atoms with van der Waals surface area (Å²) < 4.78 is 1.97. The highest BCUT2D eigenvalue weighted by atomic mass is 35.5. The van der Waals surface area contributed by atoms with Crippen LogP contribution in [-0.2, 0) is 17.1 Å². The number of benzene rings is 2. The second-order valence-corrected chi connectivity index (χ2v) is 8.24. The van der Waals surface area contributed by atoms with Crippen molar-refractivity contribution < 1.29 is 14.2 Å². The van der Waals surface area contributed by atoms with Gasteiger partial charge in [0.1, 0.15) is 6.54 Å². The van der Waals surface area contributed by atoms with Crippen LogP contribution in [0, 0.1) is 0 Å². The Kier molecular flexibility index (Phi) is 5.43. The molecule has 2 heterocycles. The van der Waals surface area contributed by atoms with E-state index >= 15 is 0 Å². The molecule has 1 unspecified atom stereocenters. The molecule has 0 radical (unpaired) electrons. The molecule has 2 aromatic rings. The Morgan fingerprint density at radius 2 is 1.72 bits per heavy atom. The number of hydrogen-bond acceptors (Lipinski definition) is 4. The molecule has 0 N–H and O–H groups in total. The van der Waals surface area contributed by atoms with Gasteiger partial charge in [0.05, 0.1) is 0 Å². The first kappa shape index (κ1) is 19.7. The Morgan fingerprint density at radius 1 is 1.03 bits per heavy atom. The predicted octanol–water partition coefficient (Wildman–Crippen LogP) is 3.45. The summed E-state index contributed by atoms with van der Waals surface area (Å²) in [7, 11) is 3.16. The van der Waals surface area contributed by atoms with E-state index in [0.717, 1.165) is 16.0 Å². The van der Waals surface area contributed by atoms with Crippen molar-refractivity contribution in [3.63, 3.8) is 0 Å². The molecule has 8 heteroatoms. The van der Waals surface area contributed by atoms with Gasteiger partial charge in [-0.15, -0.1) is 0 Å². The quantitative estimate of drug-likeness (QED) is 0.702. The first-order chi connectivity index (χ1) is 14.0. The van der Waals surface area contributed by atoms with Gasteiger partial charge >= 0.3 is 11.2 Å². The number of fused-ring (bicyclic) bond motifs is 1. The van der Waals surface area contributed by atoms with Crippen LogP contribution in [-0.4, -0.2) is 57.5 Å². The molecule has 2 aliphatic rings.